The Hall–Kier alpha value is -2.07. The fourth-order valence-electron chi connectivity index (χ4n) is 3.17. The molecule has 0 radical (unpaired) electrons. The minimum absolute atomic E-state index is 0.00310. The molecule has 2 N–H and O–H groups in total. The Balaban J connectivity index is 2.01. The van der Waals surface area contributed by atoms with Gasteiger partial charge in [-0.2, -0.15) is 0 Å². The Morgan fingerprint density at radius 2 is 1.04 bits per heavy atom. The molecule has 9 heteroatoms. The molecule has 0 unspecified atom stereocenters. The van der Waals surface area contributed by atoms with Crippen LogP contribution in [0, 0.1) is 0 Å². The Bertz CT molecular complexity index is 1040. The van der Waals surface area contributed by atoms with E-state index in [9.17, 15) is 21.6 Å². The number of sulfone groups is 2. The fourth-order valence-corrected chi connectivity index (χ4v) is 5.80. The molecule has 2 aromatic carbocycles. The lowest BCUT2D eigenvalue weighted by Crippen LogP contribution is -2.10. The maximum atomic E-state index is 12.8. The van der Waals surface area contributed by atoms with Crippen molar-refractivity contribution in [2.24, 2.45) is 0 Å². The number of ketones is 1. The Morgan fingerprint density at radius 3 is 1.39 bits per heavy atom. The van der Waals surface area contributed by atoms with E-state index in [1.165, 1.54) is 24.3 Å². The third-order valence-corrected chi connectivity index (χ3v) is 8.22. The highest BCUT2D eigenvalue weighted by atomic mass is 32.2. The van der Waals surface area contributed by atoms with Gasteiger partial charge in [0.1, 0.15) is 0 Å². The van der Waals surface area contributed by atoms with Gasteiger partial charge in [0.15, 0.2) is 25.5 Å². The maximum absolute atomic E-state index is 12.8. The van der Waals surface area contributed by atoms with E-state index < -0.39 is 25.5 Å². The minimum Gasteiger partial charge on any atom is -0.396 e. The summed E-state index contributed by atoms with van der Waals surface area (Å²) in [6, 6.07) is 8.55. The molecule has 1 aliphatic carbocycles. The Labute approximate surface area is 163 Å². The molecule has 0 amide bonds. The molecule has 3 rings (SSSR count). The summed E-state index contributed by atoms with van der Waals surface area (Å²) in [7, 11) is -7.26. The van der Waals surface area contributed by atoms with Gasteiger partial charge in [-0.25, -0.2) is 16.8 Å². The summed E-state index contributed by atoms with van der Waals surface area (Å²) in [6.07, 6.45) is 0.200. The quantitative estimate of drug-likeness (QED) is 0.557. The summed E-state index contributed by atoms with van der Waals surface area (Å²) in [5.74, 6) is -0.878. The standard InChI is InChI=1S/C19H20O7S2/c20-7-1-9-27(23,24)13-3-5-15-16-6-4-14(28(25,26)10-2-8-21)12-18(16)19(22)17(15)11-13/h3-6,11-12,20-21H,1-2,7-10H2. The van der Waals surface area contributed by atoms with E-state index in [1.54, 1.807) is 12.1 Å². The molecule has 0 aliphatic heterocycles. The van der Waals surface area contributed by atoms with E-state index in [2.05, 4.69) is 0 Å². The molecule has 0 fully saturated rings. The van der Waals surface area contributed by atoms with Gasteiger partial charge < -0.3 is 10.2 Å². The lowest BCUT2D eigenvalue weighted by Gasteiger charge is -2.06. The first-order valence-electron chi connectivity index (χ1n) is 8.71. The predicted molar refractivity (Wildman–Crippen MR) is 103 cm³/mol. The van der Waals surface area contributed by atoms with Crippen LogP contribution in [0.25, 0.3) is 11.1 Å². The van der Waals surface area contributed by atoms with Crippen molar-refractivity contribution in [1.82, 2.24) is 0 Å². The molecule has 150 valence electrons. The third kappa shape index (κ3) is 3.75. The summed E-state index contributed by atoms with van der Waals surface area (Å²) < 4.78 is 49.3. The van der Waals surface area contributed by atoms with Gasteiger partial charge in [0.05, 0.1) is 21.3 Å². The van der Waals surface area contributed by atoms with Crippen molar-refractivity contribution >= 4 is 25.5 Å². The molecule has 0 spiro atoms. The number of carbonyl (C=O) groups is 1. The number of hydrogen-bond acceptors (Lipinski definition) is 7. The molecule has 1 aliphatic rings. The Morgan fingerprint density at radius 1 is 0.643 bits per heavy atom. The molecular formula is C19H20O7S2. The van der Waals surface area contributed by atoms with Crippen molar-refractivity contribution < 1.29 is 31.8 Å². The van der Waals surface area contributed by atoms with Crippen LogP contribution >= 0.6 is 0 Å². The molecule has 0 heterocycles. The summed E-state index contributed by atoms with van der Waals surface area (Å²) >= 11 is 0. The molecule has 0 saturated carbocycles. The van der Waals surface area contributed by atoms with Crippen LogP contribution in [0.2, 0.25) is 0 Å². The highest BCUT2D eigenvalue weighted by Gasteiger charge is 2.30. The molecule has 7 nitrogen and oxygen atoms in total. The monoisotopic (exact) mass is 424 g/mol. The van der Waals surface area contributed by atoms with E-state index in [1.807, 2.05) is 0 Å². The van der Waals surface area contributed by atoms with Gasteiger partial charge in [-0.3, -0.25) is 4.79 Å². The minimum atomic E-state index is -3.63. The molecule has 0 bridgehead atoms. The zero-order valence-corrected chi connectivity index (χ0v) is 16.6. The van der Waals surface area contributed by atoms with E-state index in [0.717, 1.165) is 0 Å². The van der Waals surface area contributed by atoms with Crippen LogP contribution in [-0.4, -0.2) is 57.6 Å². The molecule has 2 aromatic rings. The first-order chi connectivity index (χ1) is 13.2. The SMILES string of the molecule is O=C1c2cc(S(=O)(=O)CCCO)ccc2-c2ccc(S(=O)(=O)CCCO)cc21. The van der Waals surface area contributed by atoms with Gasteiger partial charge >= 0.3 is 0 Å². The molecule has 28 heavy (non-hydrogen) atoms. The maximum Gasteiger partial charge on any atom is 0.194 e. The van der Waals surface area contributed by atoms with Gasteiger partial charge in [-0.05, 0) is 48.2 Å². The number of fused-ring (bicyclic) bond motifs is 3. The fraction of sp³-hybridized carbons (Fsp3) is 0.316. The molecule has 0 atom stereocenters. The van der Waals surface area contributed by atoms with Crippen molar-refractivity contribution in [3.8, 4) is 11.1 Å². The van der Waals surface area contributed by atoms with Gasteiger partial charge in [-0.15, -0.1) is 0 Å². The number of aliphatic hydroxyl groups excluding tert-OH is 2. The van der Waals surface area contributed by atoms with Crippen molar-refractivity contribution in [2.45, 2.75) is 22.6 Å². The summed E-state index contributed by atoms with van der Waals surface area (Å²) in [5, 5.41) is 17.7. The van der Waals surface area contributed by atoms with Crippen LogP contribution in [0.1, 0.15) is 28.8 Å². The van der Waals surface area contributed by atoms with Gasteiger partial charge in [-0.1, -0.05) is 12.1 Å². The summed E-state index contributed by atoms with van der Waals surface area (Å²) in [6.45, 7) is -0.496. The first-order valence-corrected chi connectivity index (χ1v) is 12.0. The first kappa shape index (κ1) is 20.7. The van der Waals surface area contributed by atoms with Crippen LogP contribution in [0.5, 0.6) is 0 Å². The number of carbonyl (C=O) groups excluding carboxylic acids is 1. The number of hydrogen-bond donors (Lipinski definition) is 2. The van der Waals surface area contributed by atoms with Crippen LogP contribution in [-0.2, 0) is 19.7 Å². The number of aliphatic hydroxyl groups is 2. The van der Waals surface area contributed by atoms with Crippen LogP contribution in [0.3, 0.4) is 0 Å². The average molecular weight is 424 g/mol. The molecule has 0 aromatic heterocycles. The van der Waals surface area contributed by atoms with Crippen molar-refractivity contribution in [1.29, 1.82) is 0 Å². The van der Waals surface area contributed by atoms with E-state index in [0.29, 0.717) is 11.1 Å². The number of benzene rings is 2. The summed E-state index contributed by atoms with van der Waals surface area (Å²) in [4.78, 5) is 12.8. The lowest BCUT2D eigenvalue weighted by atomic mass is 10.1. The second-order valence-electron chi connectivity index (χ2n) is 6.54. The van der Waals surface area contributed by atoms with E-state index >= 15 is 0 Å². The van der Waals surface area contributed by atoms with Gasteiger partial charge in [0, 0.05) is 24.3 Å². The highest BCUT2D eigenvalue weighted by molar-refractivity contribution is 7.91. The topological polar surface area (TPSA) is 126 Å². The molecule has 0 saturated heterocycles. The average Bonchev–Trinajstić information content (AvgIpc) is 2.96. The van der Waals surface area contributed by atoms with Crippen LogP contribution in [0.15, 0.2) is 46.2 Å². The zero-order chi connectivity index (χ0) is 20.5. The van der Waals surface area contributed by atoms with Crippen LogP contribution < -0.4 is 0 Å². The second-order valence-corrected chi connectivity index (χ2v) is 10.8. The number of rotatable bonds is 8. The second kappa shape index (κ2) is 7.75. The van der Waals surface area contributed by atoms with Crippen molar-refractivity contribution in [3.05, 3.63) is 47.5 Å². The highest BCUT2D eigenvalue weighted by Crippen LogP contribution is 2.39. The van der Waals surface area contributed by atoms with Crippen molar-refractivity contribution in [3.63, 3.8) is 0 Å². The predicted octanol–water partition coefficient (Wildman–Crippen LogP) is 1.21. The smallest absolute Gasteiger partial charge is 0.194 e. The molecular weight excluding hydrogens is 404 g/mol. The van der Waals surface area contributed by atoms with E-state index in [4.69, 9.17) is 10.2 Å². The van der Waals surface area contributed by atoms with Gasteiger partial charge in [0.25, 0.3) is 0 Å². The Kier molecular flexibility index (Phi) is 5.72. The van der Waals surface area contributed by atoms with Crippen molar-refractivity contribution in [2.75, 3.05) is 24.7 Å². The zero-order valence-electron chi connectivity index (χ0n) is 15.0. The third-order valence-electron chi connectivity index (χ3n) is 4.62. The van der Waals surface area contributed by atoms with Crippen LogP contribution in [0.4, 0.5) is 0 Å². The summed E-state index contributed by atoms with van der Waals surface area (Å²) in [5.41, 5.74) is 1.54. The van der Waals surface area contributed by atoms with E-state index in [-0.39, 0.29) is 58.5 Å². The largest absolute Gasteiger partial charge is 0.396 e. The van der Waals surface area contributed by atoms with Gasteiger partial charge in [0.2, 0.25) is 0 Å². The normalized spacial score (nSPS) is 13.4. The lowest BCUT2D eigenvalue weighted by molar-refractivity contribution is 0.104.